The summed E-state index contributed by atoms with van der Waals surface area (Å²) in [6.45, 7) is 10.4. The summed E-state index contributed by atoms with van der Waals surface area (Å²) in [6.07, 6.45) is 7.64. The zero-order valence-electron chi connectivity index (χ0n) is 13.4. The summed E-state index contributed by atoms with van der Waals surface area (Å²) < 4.78 is 0. The minimum absolute atomic E-state index is 0.109. The zero-order chi connectivity index (χ0) is 14.5. The standard InChI is InChI=1S/C16H32N2O/c1-6-16(4,5)18-15(19)13(3)17-12(2)14-10-8-7-9-11-14/h12-14,17H,6-11H2,1-5H3,(H,18,19)/t12-,13?/m1/s1. The normalized spacial score (nSPS) is 20.9. The van der Waals surface area contributed by atoms with E-state index in [2.05, 4.69) is 38.3 Å². The molecule has 0 spiro atoms. The highest BCUT2D eigenvalue weighted by molar-refractivity contribution is 5.82. The minimum Gasteiger partial charge on any atom is -0.350 e. The first-order valence-corrected chi connectivity index (χ1v) is 7.94. The van der Waals surface area contributed by atoms with E-state index in [0.29, 0.717) is 6.04 Å². The van der Waals surface area contributed by atoms with Crippen LogP contribution < -0.4 is 10.6 Å². The fourth-order valence-electron chi connectivity index (χ4n) is 2.77. The van der Waals surface area contributed by atoms with Gasteiger partial charge in [-0.05, 0) is 52.9 Å². The van der Waals surface area contributed by atoms with Gasteiger partial charge in [0, 0.05) is 11.6 Å². The van der Waals surface area contributed by atoms with Crippen LogP contribution in [0.4, 0.5) is 0 Å². The van der Waals surface area contributed by atoms with Crippen LogP contribution in [0.5, 0.6) is 0 Å². The van der Waals surface area contributed by atoms with E-state index in [-0.39, 0.29) is 17.5 Å². The summed E-state index contributed by atoms with van der Waals surface area (Å²) in [7, 11) is 0. The largest absolute Gasteiger partial charge is 0.350 e. The third-order valence-corrected chi connectivity index (χ3v) is 4.61. The molecule has 3 heteroatoms. The monoisotopic (exact) mass is 268 g/mol. The molecule has 1 amide bonds. The van der Waals surface area contributed by atoms with Crippen molar-refractivity contribution in [2.45, 2.75) is 90.8 Å². The van der Waals surface area contributed by atoms with Gasteiger partial charge in [0.1, 0.15) is 0 Å². The quantitative estimate of drug-likeness (QED) is 0.776. The van der Waals surface area contributed by atoms with Gasteiger partial charge in [0.15, 0.2) is 0 Å². The number of hydrogen-bond acceptors (Lipinski definition) is 2. The minimum atomic E-state index is -0.110. The second-order valence-corrected chi connectivity index (χ2v) is 6.80. The van der Waals surface area contributed by atoms with Gasteiger partial charge in [0.2, 0.25) is 5.91 Å². The van der Waals surface area contributed by atoms with E-state index in [4.69, 9.17) is 0 Å². The number of nitrogens with one attached hydrogen (secondary N) is 2. The third kappa shape index (κ3) is 5.52. The van der Waals surface area contributed by atoms with Gasteiger partial charge in [-0.25, -0.2) is 0 Å². The van der Waals surface area contributed by atoms with E-state index in [1.807, 2.05) is 6.92 Å². The van der Waals surface area contributed by atoms with Gasteiger partial charge in [-0.2, -0.15) is 0 Å². The first-order chi connectivity index (χ1) is 8.85. The molecule has 1 rings (SSSR count). The fourth-order valence-corrected chi connectivity index (χ4v) is 2.77. The lowest BCUT2D eigenvalue weighted by Gasteiger charge is -2.32. The van der Waals surface area contributed by atoms with Gasteiger partial charge >= 0.3 is 0 Å². The Morgan fingerprint density at radius 1 is 1.21 bits per heavy atom. The van der Waals surface area contributed by atoms with Crippen molar-refractivity contribution in [1.82, 2.24) is 10.6 Å². The maximum atomic E-state index is 12.2. The van der Waals surface area contributed by atoms with Crippen LogP contribution in [0.2, 0.25) is 0 Å². The number of rotatable bonds is 6. The maximum Gasteiger partial charge on any atom is 0.237 e. The van der Waals surface area contributed by atoms with Crippen LogP contribution in [0.1, 0.15) is 73.1 Å². The summed E-state index contributed by atoms with van der Waals surface area (Å²) in [6, 6.07) is 0.327. The Kier molecular flexibility index (Phi) is 6.31. The molecular formula is C16H32N2O. The molecule has 112 valence electrons. The van der Waals surface area contributed by atoms with Gasteiger partial charge < -0.3 is 10.6 Å². The fraction of sp³-hybridized carbons (Fsp3) is 0.938. The Morgan fingerprint density at radius 3 is 2.32 bits per heavy atom. The molecule has 1 aliphatic carbocycles. The van der Waals surface area contributed by atoms with Crippen molar-refractivity contribution in [2.24, 2.45) is 5.92 Å². The molecule has 1 aliphatic rings. The Bertz CT molecular complexity index is 282. The van der Waals surface area contributed by atoms with E-state index < -0.39 is 0 Å². The number of carbonyl (C=O) groups excluding carboxylic acids is 1. The summed E-state index contributed by atoms with van der Waals surface area (Å²) in [5.41, 5.74) is -0.110. The van der Waals surface area contributed by atoms with Crippen molar-refractivity contribution in [3.05, 3.63) is 0 Å². The Morgan fingerprint density at radius 2 is 1.79 bits per heavy atom. The predicted molar refractivity (Wildman–Crippen MR) is 81.1 cm³/mol. The molecule has 1 saturated carbocycles. The molecule has 1 fully saturated rings. The second kappa shape index (κ2) is 7.28. The van der Waals surface area contributed by atoms with Crippen LogP contribution in [-0.4, -0.2) is 23.5 Å². The lowest BCUT2D eigenvalue weighted by atomic mass is 9.84. The predicted octanol–water partition coefficient (Wildman–Crippen LogP) is 3.24. The molecule has 3 nitrogen and oxygen atoms in total. The van der Waals surface area contributed by atoms with Crippen molar-refractivity contribution in [3.8, 4) is 0 Å². The summed E-state index contributed by atoms with van der Waals surface area (Å²) >= 11 is 0. The third-order valence-electron chi connectivity index (χ3n) is 4.61. The van der Waals surface area contributed by atoms with Crippen LogP contribution in [-0.2, 0) is 4.79 Å². The molecule has 0 heterocycles. The molecule has 0 bridgehead atoms. The highest BCUT2D eigenvalue weighted by Gasteiger charge is 2.25. The van der Waals surface area contributed by atoms with Gasteiger partial charge in [0.25, 0.3) is 0 Å². The Labute approximate surface area is 118 Å². The summed E-state index contributed by atoms with van der Waals surface area (Å²) in [4.78, 5) is 12.2. The average Bonchev–Trinajstić information content (AvgIpc) is 2.39. The maximum absolute atomic E-state index is 12.2. The van der Waals surface area contributed by atoms with Crippen LogP contribution in [0.25, 0.3) is 0 Å². The van der Waals surface area contributed by atoms with E-state index in [1.54, 1.807) is 0 Å². The zero-order valence-corrected chi connectivity index (χ0v) is 13.4. The van der Waals surface area contributed by atoms with Crippen molar-refractivity contribution < 1.29 is 4.79 Å². The van der Waals surface area contributed by atoms with Gasteiger partial charge in [-0.3, -0.25) is 4.79 Å². The van der Waals surface area contributed by atoms with Gasteiger partial charge in [-0.1, -0.05) is 26.2 Å². The first kappa shape index (κ1) is 16.5. The molecule has 0 radical (unpaired) electrons. The highest BCUT2D eigenvalue weighted by atomic mass is 16.2. The van der Waals surface area contributed by atoms with Crippen molar-refractivity contribution in [3.63, 3.8) is 0 Å². The molecule has 2 N–H and O–H groups in total. The molecule has 0 aliphatic heterocycles. The van der Waals surface area contributed by atoms with Crippen LogP contribution in [0.3, 0.4) is 0 Å². The topological polar surface area (TPSA) is 41.1 Å². The number of carbonyl (C=O) groups is 1. The van der Waals surface area contributed by atoms with Gasteiger partial charge in [0.05, 0.1) is 6.04 Å². The van der Waals surface area contributed by atoms with Gasteiger partial charge in [-0.15, -0.1) is 0 Å². The van der Waals surface area contributed by atoms with E-state index in [1.165, 1.54) is 32.1 Å². The smallest absolute Gasteiger partial charge is 0.237 e. The van der Waals surface area contributed by atoms with Crippen LogP contribution in [0, 0.1) is 5.92 Å². The van der Waals surface area contributed by atoms with Crippen molar-refractivity contribution in [1.29, 1.82) is 0 Å². The van der Waals surface area contributed by atoms with Crippen molar-refractivity contribution in [2.75, 3.05) is 0 Å². The molecule has 1 unspecified atom stereocenters. The molecule has 0 aromatic rings. The Balaban J connectivity index is 2.40. The highest BCUT2D eigenvalue weighted by Crippen LogP contribution is 2.26. The molecule has 0 aromatic heterocycles. The number of amides is 1. The molecule has 0 saturated heterocycles. The van der Waals surface area contributed by atoms with E-state index in [0.717, 1.165) is 12.3 Å². The summed E-state index contributed by atoms with van der Waals surface area (Å²) in [5, 5.41) is 6.60. The SMILES string of the molecule is CCC(C)(C)NC(=O)C(C)N[C@H](C)C1CCCCC1. The average molecular weight is 268 g/mol. The Hall–Kier alpha value is -0.570. The van der Waals surface area contributed by atoms with Crippen molar-refractivity contribution >= 4 is 5.91 Å². The van der Waals surface area contributed by atoms with Crippen LogP contribution in [0.15, 0.2) is 0 Å². The molecule has 0 aromatic carbocycles. The van der Waals surface area contributed by atoms with Crippen LogP contribution >= 0.6 is 0 Å². The molecule has 2 atom stereocenters. The lowest BCUT2D eigenvalue weighted by Crippen LogP contribution is -2.53. The van der Waals surface area contributed by atoms with E-state index in [9.17, 15) is 4.79 Å². The number of hydrogen-bond donors (Lipinski definition) is 2. The molecule has 19 heavy (non-hydrogen) atoms. The van der Waals surface area contributed by atoms with E-state index >= 15 is 0 Å². The summed E-state index contributed by atoms with van der Waals surface area (Å²) in [5.74, 6) is 0.859. The second-order valence-electron chi connectivity index (χ2n) is 6.80. The first-order valence-electron chi connectivity index (χ1n) is 7.94. The lowest BCUT2D eigenvalue weighted by molar-refractivity contribution is -0.124. The molecular weight excluding hydrogens is 236 g/mol.